The molecule has 104 valence electrons. The lowest BCUT2D eigenvalue weighted by molar-refractivity contribution is 0.0511. The van der Waals surface area contributed by atoms with Crippen molar-refractivity contribution in [3.8, 4) is 0 Å². The number of halogens is 2. The van der Waals surface area contributed by atoms with Crippen LogP contribution in [0.15, 0.2) is 24.3 Å². The molecule has 0 bridgehead atoms. The van der Waals surface area contributed by atoms with Crippen LogP contribution in [0.2, 0.25) is 0 Å². The van der Waals surface area contributed by atoms with Gasteiger partial charge in [0, 0.05) is 6.42 Å². The minimum atomic E-state index is -1.62. The number of benzene rings is 1. The summed E-state index contributed by atoms with van der Waals surface area (Å²) >= 11 is 0. The van der Waals surface area contributed by atoms with Gasteiger partial charge in [0.1, 0.15) is 11.4 Å². The second-order valence-corrected chi connectivity index (χ2v) is 5.77. The van der Waals surface area contributed by atoms with Gasteiger partial charge in [-0.1, -0.05) is 12.1 Å². The number of amides is 1. The molecule has 0 aromatic heterocycles. The first-order chi connectivity index (χ1) is 8.71. The highest BCUT2D eigenvalue weighted by molar-refractivity contribution is 5.69. The lowest BCUT2D eigenvalue weighted by Gasteiger charge is -2.20. The molecule has 0 radical (unpaired) electrons. The minimum absolute atomic E-state index is 0.178. The van der Waals surface area contributed by atoms with Crippen LogP contribution in [0.4, 0.5) is 13.6 Å². The predicted molar refractivity (Wildman–Crippen MR) is 67.0 cm³/mol. The first kappa shape index (κ1) is 13.8. The number of hydrogen-bond acceptors (Lipinski definition) is 2. The second-order valence-electron chi connectivity index (χ2n) is 5.77. The molecule has 0 heterocycles. The Bertz CT molecular complexity index is 481. The van der Waals surface area contributed by atoms with Crippen LogP contribution in [0.5, 0.6) is 0 Å². The molecule has 1 aliphatic carbocycles. The van der Waals surface area contributed by atoms with Gasteiger partial charge >= 0.3 is 6.09 Å². The van der Waals surface area contributed by atoms with Gasteiger partial charge in [0.05, 0.1) is 6.04 Å². The fraction of sp³-hybridized carbons (Fsp3) is 0.500. The van der Waals surface area contributed by atoms with Crippen molar-refractivity contribution in [2.45, 2.75) is 44.5 Å². The van der Waals surface area contributed by atoms with Crippen molar-refractivity contribution in [3.05, 3.63) is 35.6 Å². The topological polar surface area (TPSA) is 38.3 Å². The van der Waals surface area contributed by atoms with Gasteiger partial charge in [-0.25, -0.2) is 13.6 Å². The Morgan fingerprint density at radius 2 is 1.95 bits per heavy atom. The summed E-state index contributed by atoms with van der Waals surface area (Å²) in [4.78, 5) is 11.5. The minimum Gasteiger partial charge on any atom is -0.444 e. The van der Waals surface area contributed by atoms with Crippen LogP contribution in [0.3, 0.4) is 0 Å². The molecule has 0 spiro atoms. The van der Waals surface area contributed by atoms with E-state index in [1.165, 1.54) is 24.3 Å². The van der Waals surface area contributed by atoms with Gasteiger partial charge in [0.25, 0.3) is 0 Å². The normalized spacial score (nSPS) is 25.8. The largest absolute Gasteiger partial charge is 0.444 e. The molecule has 0 aliphatic heterocycles. The Labute approximate surface area is 111 Å². The molecule has 1 fully saturated rings. The summed E-state index contributed by atoms with van der Waals surface area (Å²) in [6.07, 6.45) is -0.461. The summed E-state index contributed by atoms with van der Waals surface area (Å²) < 4.78 is 32.3. The van der Waals surface area contributed by atoms with E-state index in [0.29, 0.717) is 5.56 Å². The van der Waals surface area contributed by atoms with E-state index in [4.69, 9.17) is 4.74 Å². The molecule has 19 heavy (non-hydrogen) atoms. The zero-order valence-corrected chi connectivity index (χ0v) is 11.2. The summed E-state index contributed by atoms with van der Waals surface area (Å²) in [7, 11) is 0. The maximum absolute atomic E-state index is 14.4. The number of nitrogens with one attached hydrogen (secondary N) is 1. The Kier molecular flexibility index (Phi) is 3.24. The molecule has 1 aliphatic rings. The third-order valence-corrected chi connectivity index (χ3v) is 2.91. The molecule has 1 saturated carbocycles. The van der Waals surface area contributed by atoms with Crippen LogP contribution in [-0.4, -0.2) is 17.7 Å². The molecule has 2 atom stereocenters. The molecule has 1 N–H and O–H groups in total. The summed E-state index contributed by atoms with van der Waals surface area (Å²) in [6.45, 7) is 5.21. The van der Waals surface area contributed by atoms with E-state index in [2.05, 4.69) is 5.32 Å². The van der Waals surface area contributed by atoms with Crippen molar-refractivity contribution >= 4 is 6.09 Å². The Balaban J connectivity index is 1.96. The lowest BCUT2D eigenvalue weighted by atomic mass is 10.1. The van der Waals surface area contributed by atoms with Crippen LogP contribution in [0.1, 0.15) is 32.8 Å². The maximum Gasteiger partial charge on any atom is 0.407 e. The van der Waals surface area contributed by atoms with Gasteiger partial charge in [-0.3, -0.25) is 0 Å². The van der Waals surface area contributed by atoms with E-state index in [-0.39, 0.29) is 6.42 Å². The number of alkyl carbamates (subject to hydrolysis) is 1. The van der Waals surface area contributed by atoms with Gasteiger partial charge in [-0.15, -0.1) is 0 Å². The summed E-state index contributed by atoms with van der Waals surface area (Å²) in [5, 5.41) is 2.48. The molecule has 0 saturated heterocycles. The highest BCUT2D eigenvalue weighted by Gasteiger charge is 2.58. The first-order valence-corrected chi connectivity index (χ1v) is 6.15. The van der Waals surface area contributed by atoms with Crippen LogP contribution in [-0.2, 0) is 10.4 Å². The molecule has 0 unspecified atom stereocenters. The number of hydrogen-bond donors (Lipinski definition) is 1. The van der Waals surface area contributed by atoms with Crippen molar-refractivity contribution in [2.75, 3.05) is 0 Å². The number of alkyl halides is 1. The van der Waals surface area contributed by atoms with Crippen LogP contribution < -0.4 is 5.32 Å². The molecule has 3 nitrogen and oxygen atoms in total. The maximum atomic E-state index is 14.4. The van der Waals surface area contributed by atoms with Gasteiger partial charge in [-0.2, -0.15) is 0 Å². The Morgan fingerprint density at radius 1 is 1.37 bits per heavy atom. The second kappa shape index (κ2) is 4.47. The molecule has 5 heteroatoms. The van der Waals surface area contributed by atoms with E-state index >= 15 is 0 Å². The average molecular weight is 269 g/mol. The molecule has 2 rings (SSSR count). The van der Waals surface area contributed by atoms with Crippen molar-refractivity contribution in [2.24, 2.45) is 0 Å². The highest BCUT2D eigenvalue weighted by Crippen LogP contribution is 2.49. The van der Waals surface area contributed by atoms with Crippen LogP contribution in [0, 0.1) is 5.82 Å². The Morgan fingerprint density at radius 3 is 2.47 bits per heavy atom. The summed E-state index contributed by atoms with van der Waals surface area (Å²) in [5.74, 6) is -0.412. The van der Waals surface area contributed by atoms with E-state index in [9.17, 15) is 13.6 Å². The van der Waals surface area contributed by atoms with Crippen molar-refractivity contribution in [1.29, 1.82) is 0 Å². The van der Waals surface area contributed by atoms with E-state index < -0.39 is 29.2 Å². The highest BCUT2D eigenvalue weighted by atomic mass is 19.1. The SMILES string of the molecule is CC(C)(C)OC(=O)N[C@H]1C[C@]1(F)c1ccc(F)cc1. The number of carbonyl (C=O) groups excluding carboxylic acids is 1. The van der Waals surface area contributed by atoms with E-state index in [1.807, 2.05) is 0 Å². The molecular weight excluding hydrogens is 252 g/mol. The monoisotopic (exact) mass is 269 g/mol. The smallest absolute Gasteiger partial charge is 0.407 e. The van der Waals surface area contributed by atoms with Gasteiger partial charge in [-0.05, 0) is 38.5 Å². The van der Waals surface area contributed by atoms with Gasteiger partial charge in [0.15, 0.2) is 5.67 Å². The zero-order valence-electron chi connectivity index (χ0n) is 11.2. The average Bonchev–Trinajstić information content (AvgIpc) is 2.88. The number of carbonyl (C=O) groups is 1. The summed E-state index contributed by atoms with van der Waals surface area (Å²) in [6, 6.07) is 4.59. The number of rotatable bonds is 2. The molecule has 1 aromatic carbocycles. The predicted octanol–water partition coefficient (Wildman–Crippen LogP) is 3.29. The summed E-state index contributed by atoms with van der Waals surface area (Å²) in [5.41, 5.74) is -1.87. The third-order valence-electron chi connectivity index (χ3n) is 2.91. The fourth-order valence-electron chi connectivity index (χ4n) is 1.90. The van der Waals surface area contributed by atoms with Crippen molar-refractivity contribution < 1.29 is 18.3 Å². The number of ether oxygens (including phenoxy) is 1. The van der Waals surface area contributed by atoms with Gasteiger partial charge < -0.3 is 10.1 Å². The Hall–Kier alpha value is -1.65. The molecule has 1 aromatic rings. The van der Waals surface area contributed by atoms with Crippen molar-refractivity contribution in [3.63, 3.8) is 0 Å². The standard InChI is InChI=1S/C14H17F2NO2/c1-13(2,3)19-12(18)17-11-8-14(11,16)9-4-6-10(15)7-5-9/h4-7,11H,8H2,1-3H3,(H,17,18)/t11-,14-/m0/s1. The quantitative estimate of drug-likeness (QED) is 0.894. The van der Waals surface area contributed by atoms with E-state index in [1.54, 1.807) is 20.8 Å². The molecule has 1 amide bonds. The lowest BCUT2D eigenvalue weighted by Crippen LogP contribution is -2.35. The van der Waals surface area contributed by atoms with Crippen LogP contribution in [0.25, 0.3) is 0 Å². The third kappa shape index (κ3) is 3.22. The van der Waals surface area contributed by atoms with E-state index in [0.717, 1.165) is 0 Å². The zero-order chi connectivity index (χ0) is 14.3. The first-order valence-electron chi connectivity index (χ1n) is 6.15. The fourth-order valence-corrected chi connectivity index (χ4v) is 1.90. The molecular formula is C14H17F2NO2. The van der Waals surface area contributed by atoms with Crippen molar-refractivity contribution in [1.82, 2.24) is 5.32 Å². The van der Waals surface area contributed by atoms with Gasteiger partial charge in [0.2, 0.25) is 0 Å². The van der Waals surface area contributed by atoms with Crippen LogP contribution >= 0.6 is 0 Å².